The Morgan fingerprint density at radius 1 is 1.29 bits per heavy atom. The molecular weight excluding hydrogens is 368 g/mol. The van der Waals surface area contributed by atoms with Gasteiger partial charge >= 0.3 is 0 Å². The first-order valence-electron chi connectivity index (χ1n) is 7.54. The van der Waals surface area contributed by atoms with Crippen LogP contribution in [0, 0.1) is 5.92 Å². The summed E-state index contributed by atoms with van der Waals surface area (Å²) in [5.74, 6) is 0.172. The van der Waals surface area contributed by atoms with Gasteiger partial charge in [0.15, 0.2) is 0 Å². The van der Waals surface area contributed by atoms with Gasteiger partial charge in [0, 0.05) is 9.90 Å². The minimum Gasteiger partial charge on any atom is -0.273 e. The third-order valence-electron chi connectivity index (χ3n) is 3.98. The number of hydrazine groups is 1. The van der Waals surface area contributed by atoms with Gasteiger partial charge in [0.2, 0.25) is 0 Å². The second-order valence-corrected chi connectivity index (χ2v) is 9.18. The van der Waals surface area contributed by atoms with Gasteiger partial charge in [-0.3, -0.25) is 10.2 Å². The fourth-order valence-electron chi connectivity index (χ4n) is 2.67. The quantitative estimate of drug-likeness (QED) is 0.795. The van der Waals surface area contributed by atoms with Gasteiger partial charge in [-0.25, -0.2) is 8.42 Å². The van der Waals surface area contributed by atoms with Crippen molar-refractivity contribution in [2.24, 2.45) is 5.92 Å². The standard InChI is InChI=1S/C16H17ClN2O3S2/c1-10-2-7-14-11(8-10)9-15(23-14)16(20)18-19-24(21,22)13-5-3-12(17)4-6-13/h3-6,9-10,19H,2,7-8H2,1H3,(H,18,20). The van der Waals surface area contributed by atoms with E-state index in [9.17, 15) is 13.2 Å². The number of fused-ring (bicyclic) bond motifs is 1. The molecule has 0 saturated carbocycles. The second-order valence-electron chi connectivity index (χ2n) is 5.92. The van der Waals surface area contributed by atoms with Gasteiger partial charge in [-0.2, -0.15) is 0 Å². The number of benzene rings is 1. The van der Waals surface area contributed by atoms with Gasteiger partial charge in [-0.05, 0) is 61.1 Å². The number of halogens is 1. The highest BCUT2D eigenvalue weighted by molar-refractivity contribution is 7.89. The molecule has 0 radical (unpaired) electrons. The molecule has 2 aromatic rings. The summed E-state index contributed by atoms with van der Waals surface area (Å²) in [4.78, 5) is 16.1. The molecule has 1 amide bonds. The van der Waals surface area contributed by atoms with Gasteiger partial charge in [0.05, 0.1) is 9.77 Å². The van der Waals surface area contributed by atoms with Crippen LogP contribution in [0.15, 0.2) is 35.2 Å². The molecule has 1 aromatic heterocycles. The Kier molecular flexibility index (Phi) is 4.96. The molecule has 0 aliphatic heterocycles. The van der Waals surface area contributed by atoms with Crippen molar-refractivity contribution < 1.29 is 13.2 Å². The Labute approximate surface area is 150 Å². The highest BCUT2D eigenvalue weighted by Crippen LogP contribution is 2.32. The molecule has 1 aliphatic carbocycles. The molecule has 0 saturated heterocycles. The van der Waals surface area contributed by atoms with Crippen molar-refractivity contribution in [2.75, 3.05) is 0 Å². The second kappa shape index (κ2) is 6.84. The summed E-state index contributed by atoms with van der Waals surface area (Å²) in [5, 5.41) is 0.441. The molecule has 3 rings (SSSR count). The maximum atomic E-state index is 12.2. The number of aryl methyl sites for hydroxylation is 1. The zero-order valence-corrected chi connectivity index (χ0v) is 15.4. The van der Waals surface area contributed by atoms with Gasteiger partial charge < -0.3 is 0 Å². The molecule has 0 bridgehead atoms. The number of hydrogen-bond donors (Lipinski definition) is 2. The fraction of sp³-hybridized carbons (Fsp3) is 0.312. The molecule has 1 heterocycles. The summed E-state index contributed by atoms with van der Waals surface area (Å²) in [7, 11) is -3.83. The molecule has 8 heteroatoms. The summed E-state index contributed by atoms with van der Waals surface area (Å²) in [5.41, 5.74) is 3.47. The first-order valence-corrected chi connectivity index (χ1v) is 10.2. The highest BCUT2D eigenvalue weighted by Gasteiger charge is 2.22. The van der Waals surface area contributed by atoms with E-state index in [0.717, 1.165) is 19.3 Å². The van der Waals surface area contributed by atoms with Crippen LogP contribution >= 0.6 is 22.9 Å². The number of thiophene rings is 1. The zero-order chi connectivity index (χ0) is 17.3. The predicted molar refractivity (Wildman–Crippen MR) is 94.7 cm³/mol. The third kappa shape index (κ3) is 3.80. The molecule has 5 nitrogen and oxygen atoms in total. The zero-order valence-electron chi connectivity index (χ0n) is 13.0. The van der Waals surface area contributed by atoms with Crippen LogP contribution in [0.5, 0.6) is 0 Å². The summed E-state index contributed by atoms with van der Waals surface area (Å²) in [6.45, 7) is 2.20. The third-order valence-corrected chi connectivity index (χ3v) is 6.73. The number of carbonyl (C=O) groups is 1. The molecular formula is C16H17ClN2O3S2. The molecule has 1 atom stereocenters. The van der Waals surface area contributed by atoms with E-state index in [1.807, 2.05) is 6.07 Å². The summed E-state index contributed by atoms with van der Waals surface area (Å²) < 4.78 is 24.3. The normalized spacial score (nSPS) is 17.3. The molecule has 1 aliphatic rings. The Bertz CT molecular complexity index is 860. The van der Waals surface area contributed by atoms with Crippen LogP contribution in [-0.2, 0) is 22.9 Å². The molecule has 2 N–H and O–H groups in total. The fourth-order valence-corrected chi connectivity index (χ4v) is 4.73. The van der Waals surface area contributed by atoms with E-state index < -0.39 is 15.9 Å². The number of nitrogens with one attached hydrogen (secondary N) is 2. The van der Waals surface area contributed by atoms with Crippen molar-refractivity contribution in [3.05, 3.63) is 50.7 Å². The van der Waals surface area contributed by atoms with E-state index in [-0.39, 0.29) is 4.90 Å². The molecule has 0 spiro atoms. The van der Waals surface area contributed by atoms with E-state index in [1.54, 1.807) is 0 Å². The van der Waals surface area contributed by atoms with Crippen LogP contribution < -0.4 is 10.3 Å². The smallest absolute Gasteiger partial charge is 0.273 e. The summed E-state index contributed by atoms with van der Waals surface area (Å²) in [6.07, 6.45) is 3.07. The van der Waals surface area contributed by atoms with Crippen molar-refractivity contribution in [2.45, 2.75) is 31.1 Å². The van der Waals surface area contributed by atoms with Gasteiger partial charge in [-0.1, -0.05) is 18.5 Å². The van der Waals surface area contributed by atoms with Crippen LogP contribution in [0.2, 0.25) is 5.02 Å². The SMILES string of the molecule is CC1CCc2sc(C(=O)NNS(=O)(=O)c3ccc(Cl)cc3)cc2C1. The van der Waals surface area contributed by atoms with Crippen molar-refractivity contribution in [3.63, 3.8) is 0 Å². The van der Waals surface area contributed by atoms with Crippen LogP contribution in [0.25, 0.3) is 0 Å². The highest BCUT2D eigenvalue weighted by atomic mass is 35.5. The maximum absolute atomic E-state index is 12.2. The van der Waals surface area contributed by atoms with Crippen molar-refractivity contribution in [1.82, 2.24) is 10.3 Å². The number of rotatable bonds is 4. The first kappa shape index (κ1) is 17.4. The van der Waals surface area contributed by atoms with Crippen molar-refractivity contribution in [1.29, 1.82) is 0 Å². The Morgan fingerprint density at radius 2 is 2.00 bits per heavy atom. The Hall–Kier alpha value is -1.41. The van der Waals surface area contributed by atoms with Crippen LogP contribution in [0.4, 0.5) is 0 Å². The lowest BCUT2D eigenvalue weighted by Crippen LogP contribution is -2.41. The lowest BCUT2D eigenvalue weighted by molar-refractivity contribution is 0.0949. The molecule has 1 unspecified atom stereocenters. The van der Waals surface area contributed by atoms with Gasteiger partial charge in [0.1, 0.15) is 0 Å². The number of hydrogen-bond acceptors (Lipinski definition) is 4. The lowest BCUT2D eigenvalue weighted by Gasteiger charge is -2.16. The number of sulfonamides is 1. The topological polar surface area (TPSA) is 75.3 Å². The number of carbonyl (C=O) groups excluding carboxylic acids is 1. The minimum absolute atomic E-state index is 0.0338. The average Bonchev–Trinajstić information content (AvgIpc) is 2.96. The lowest BCUT2D eigenvalue weighted by atomic mass is 9.90. The first-order chi connectivity index (χ1) is 11.3. The Balaban J connectivity index is 1.68. The monoisotopic (exact) mass is 384 g/mol. The minimum atomic E-state index is -3.83. The van der Waals surface area contributed by atoms with Crippen LogP contribution in [0.1, 0.15) is 33.5 Å². The summed E-state index contributed by atoms with van der Waals surface area (Å²) in [6, 6.07) is 7.57. The van der Waals surface area contributed by atoms with E-state index in [2.05, 4.69) is 17.2 Å². The van der Waals surface area contributed by atoms with E-state index >= 15 is 0 Å². The van der Waals surface area contributed by atoms with Crippen molar-refractivity contribution >= 4 is 38.9 Å². The molecule has 24 heavy (non-hydrogen) atoms. The molecule has 128 valence electrons. The van der Waals surface area contributed by atoms with E-state index in [0.29, 0.717) is 15.8 Å². The van der Waals surface area contributed by atoms with Gasteiger partial charge in [-0.15, -0.1) is 16.2 Å². The van der Waals surface area contributed by atoms with E-state index in [1.165, 1.54) is 46.0 Å². The maximum Gasteiger partial charge on any atom is 0.276 e. The van der Waals surface area contributed by atoms with Crippen LogP contribution in [0.3, 0.4) is 0 Å². The molecule has 1 aromatic carbocycles. The average molecular weight is 385 g/mol. The van der Waals surface area contributed by atoms with Crippen molar-refractivity contribution in [3.8, 4) is 0 Å². The Morgan fingerprint density at radius 3 is 2.71 bits per heavy atom. The van der Waals surface area contributed by atoms with E-state index in [4.69, 9.17) is 11.6 Å². The molecule has 0 fully saturated rings. The summed E-state index contributed by atoms with van der Waals surface area (Å²) >= 11 is 7.18. The predicted octanol–water partition coefficient (Wildman–Crippen LogP) is 3.15. The number of amides is 1. The van der Waals surface area contributed by atoms with Crippen LogP contribution in [-0.4, -0.2) is 14.3 Å². The van der Waals surface area contributed by atoms with Gasteiger partial charge in [0.25, 0.3) is 15.9 Å². The largest absolute Gasteiger partial charge is 0.276 e.